The fraction of sp³-hybridized carbons (Fsp3) is 0.417. The molecule has 1 aromatic carbocycles. The predicted octanol–water partition coefficient (Wildman–Crippen LogP) is -1.35. The number of anilines is 1. The van der Waals surface area contributed by atoms with Crippen LogP contribution in [0.1, 0.15) is 0 Å². The first-order valence-corrected chi connectivity index (χ1v) is 6.38. The normalized spacial score (nSPS) is 14.9. The summed E-state index contributed by atoms with van der Waals surface area (Å²) in [7, 11) is 1.70. The zero-order valence-corrected chi connectivity index (χ0v) is 15.5. The molecule has 0 aromatic heterocycles. The summed E-state index contributed by atoms with van der Waals surface area (Å²) in [4.78, 5) is 4.37. The number of para-hydroxylation sites is 2. The molecule has 0 bridgehead atoms. The quantitative estimate of drug-likeness (QED) is 0.380. The van der Waals surface area contributed by atoms with Crippen LogP contribution in [0, 0.1) is 0 Å². The Labute approximate surface area is 162 Å². The first-order chi connectivity index (χ1) is 8.22. The van der Waals surface area contributed by atoms with Gasteiger partial charge in [0.1, 0.15) is 5.75 Å². The average molecular weight is 306 g/mol. The largest absolute Gasteiger partial charge is 1.00 e. The standard InChI is InChI=1S/C12H16N2OS2.K/c1-15-11-5-3-2-4-10(11)13-6-8-14(9-7-13)12(16)17;/h2-5H,6-9H2,1H3,(H,16,17);/q;+1/p-1. The van der Waals surface area contributed by atoms with E-state index >= 15 is 0 Å². The molecule has 2 rings (SSSR count). The molecule has 0 N–H and O–H groups in total. The van der Waals surface area contributed by atoms with E-state index in [0.29, 0.717) is 4.32 Å². The van der Waals surface area contributed by atoms with Crippen LogP contribution in [0.3, 0.4) is 0 Å². The van der Waals surface area contributed by atoms with Gasteiger partial charge in [-0.1, -0.05) is 16.5 Å². The van der Waals surface area contributed by atoms with Gasteiger partial charge in [0.15, 0.2) is 0 Å². The maximum atomic E-state index is 5.37. The Hall–Kier alpha value is 0.566. The average Bonchev–Trinajstić information content (AvgIpc) is 2.39. The van der Waals surface area contributed by atoms with Gasteiger partial charge < -0.3 is 39.4 Å². The summed E-state index contributed by atoms with van der Waals surface area (Å²) < 4.78 is 5.94. The van der Waals surface area contributed by atoms with Gasteiger partial charge in [0.05, 0.1) is 12.8 Å². The predicted molar refractivity (Wildman–Crippen MR) is 76.7 cm³/mol. The van der Waals surface area contributed by atoms with E-state index in [0.717, 1.165) is 37.6 Å². The number of benzene rings is 1. The number of nitrogens with zero attached hydrogens (tertiary/aromatic N) is 2. The number of methoxy groups -OCH3 is 1. The van der Waals surface area contributed by atoms with Gasteiger partial charge >= 0.3 is 51.4 Å². The topological polar surface area (TPSA) is 15.7 Å². The Morgan fingerprint density at radius 1 is 1.22 bits per heavy atom. The summed E-state index contributed by atoms with van der Waals surface area (Å²) in [6.07, 6.45) is 0. The zero-order chi connectivity index (χ0) is 12.3. The molecule has 0 aliphatic carbocycles. The van der Waals surface area contributed by atoms with Crippen LogP contribution in [0.4, 0.5) is 5.69 Å². The van der Waals surface area contributed by atoms with E-state index in [2.05, 4.69) is 15.9 Å². The molecule has 6 heteroatoms. The third-order valence-electron chi connectivity index (χ3n) is 2.96. The summed E-state index contributed by atoms with van der Waals surface area (Å²) in [5, 5.41) is 0. The van der Waals surface area contributed by atoms with Gasteiger partial charge in [-0.3, -0.25) is 0 Å². The summed E-state index contributed by atoms with van der Waals surface area (Å²) in [6.45, 7) is 3.63. The van der Waals surface area contributed by atoms with E-state index in [4.69, 9.17) is 29.6 Å². The van der Waals surface area contributed by atoms with Gasteiger partial charge in [0.2, 0.25) is 0 Å². The van der Waals surface area contributed by atoms with Crippen LogP contribution in [0.25, 0.3) is 0 Å². The van der Waals surface area contributed by atoms with E-state index in [-0.39, 0.29) is 51.4 Å². The molecular weight excluding hydrogens is 291 g/mol. The van der Waals surface area contributed by atoms with Crippen molar-refractivity contribution in [2.24, 2.45) is 0 Å². The van der Waals surface area contributed by atoms with E-state index in [1.807, 2.05) is 18.2 Å². The Morgan fingerprint density at radius 2 is 1.83 bits per heavy atom. The molecule has 0 atom stereocenters. The zero-order valence-electron chi connectivity index (χ0n) is 10.8. The second-order valence-corrected chi connectivity index (χ2v) is 4.94. The summed E-state index contributed by atoms with van der Waals surface area (Å²) in [6, 6.07) is 8.08. The van der Waals surface area contributed by atoms with Gasteiger partial charge in [-0.2, -0.15) is 0 Å². The molecule has 0 unspecified atom stereocenters. The number of ether oxygens (including phenoxy) is 1. The van der Waals surface area contributed by atoms with Crippen molar-refractivity contribution >= 4 is 34.9 Å². The molecule has 3 nitrogen and oxygen atoms in total. The van der Waals surface area contributed by atoms with Crippen molar-refractivity contribution in [1.29, 1.82) is 0 Å². The Bertz CT molecular complexity index is 409. The summed E-state index contributed by atoms with van der Waals surface area (Å²) in [5.74, 6) is 0.918. The van der Waals surface area contributed by atoms with Crippen LogP contribution < -0.4 is 61.0 Å². The van der Waals surface area contributed by atoms with Crippen LogP contribution in [0.5, 0.6) is 5.75 Å². The Balaban J connectivity index is 0.00000162. The molecule has 1 saturated heterocycles. The molecule has 1 aromatic rings. The molecule has 1 heterocycles. The van der Waals surface area contributed by atoms with E-state index in [1.54, 1.807) is 7.11 Å². The molecule has 0 amide bonds. The first kappa shape index (κ1) is 16.6. The van der Waals surface area contributed by atoms with Crippen molar-refractivity contribution in [1.82, 2.24) is 4.90 Å². The van der Waals surface area contributed by atoms with Crippen molar-refractivity contribution in [2.45, 2.75) is 0 Å². The third kappa shape index (κ3) is 4.03. The fourth-order valence-electron chi connectivity index (χ4n) is 2.02. The number of thiocarbonyl (C=S) groups is 1. The Kier molecular flexibility index (Phi) is 7.38. The first-order valence-electron chi connectivity index (χ1n) is 5.56. The van der Waals surface area contributed by atoms with Crippen molar-refractivity contribution in [3.63, 3.8) is 0 Å². The second-order valence-electron chi connectivity index (χ2n) is 3.91. The molecule has 0 saturated carbocycles. The maximum Gasteiger partial charge on any atom is 1.00 e. The molecular formula is C12H15KN2OS2. The van der Waals surface area contributed by atoms with Gasteiger partial charge in [-0.25, -0.2) is 0 Å². The molecule has 1 aliphatic heterocycles. The van der Waals surface area contributed by atoms with Crippen molar-refractivity contribution in [2.75, 3.05) is 38.2 Å². The van der Waals surface area contributed by atoms with E-state index < -0.39 is 0 Å². The second kappa shape index (κ2) is 7.99. The smallest absolute Gasteiger partial charge is 0.495 e. The van der Waals surface area contributed by atoms with Gasteiger partial charge in [0, 0.05) is 26.2 Å². The van der Waals surface area contributed by atoms with Crippen molar-refractivity contribution in [3.8, 4) is 5.75 Å². The molecule has 0 spiro atoms. The van der Waals surface area contributed by atoms with Crippen LogP contribution in [-0.4, -0.2) is 42.5 Å². The summed E-state index contributed by atoms with van der Waals surface area (Å²) >= 11 is 10.0. The van der Waals surface area contributed by atoms with Gasteiger partial charge in [0.25, 0.3) is 0 Å². The van der Waals surface area contributed by atoms with Crippen LogP contribution >= 0.6 is 12.2 Å². The monoisotopic (exact) mass is 306 g/mol. The van der Waals surface area contributed by atoms with Crippen LogP contribution in [0.15, 0.2) is 24.3 Å². The fourth-order valence-corrected chi connectivity index (χ4v) is 2.39. The maximum absolute atomic E-state index is 5.37. The van der Waals surface area contributed by atoms with Crippen LogP contribution in [-0.2, 0) is 12.6 Å². The summed E-state index contributed by atoms with van der Waals surface area (Å²) in [5.41, 5.74) is 1.14. The van der Waals surface area contributed by atoms with Crippen molar-refractivity contribution in [3.05, 3.63) is 24.3 Å². The number of hydrogen-bond acceptors (Lipinski definition) is 4. The number of rotatable bonds is 2. The van der Waals surface area contributed by atoms with E-state index in [9.17, 15) is 0 Å². The minimum Gasteiger partial charge on any atom is -0.495 e. The number of piperazine rings is 1. The van der Waals surface area contributed by atoms with Gasteiger partial charge in [-0.15, -0.1) is 0 Å². The molecule has 1 aliphatic rings. The SMILES string of the molecule is COc1ccccc1N1CCN(C(=S)[S-])CC1.[K+]. The third-order valence-corrected chi connectivity index (χ3v) is 3.48. The minimum atomic E-state index is 0. The van der Waals surface area contributed by atoms with Crippen LogP contribution in [0.2, 0.25) is 0 Å². The molecule has 1 fully saturated rings. The molecule has 92 valence electrons. The van der Waals surface area contributed by atoms with Crippen molar-refractivity contribution < 1.29 is 56.1 Å². The molecule has 18 heavy (non-hydrogen) atoms. The Morgan fingerprint density at radius 3 is 2.39 bits per heavy atom. The number of hydrogen-bond donors (Lipinski definition) is 0. The van der Waals surface area contributed by atoms with Gasteiger partial charge in [-0.05, 0) is 12.1 Å². The van der Waals surface area contributed by atoms with E-state index in [1.165, 1.54) is 0 Å². The molecule has 0 radical (unpaired) electrons. The minimum absolute atomic E-state index is 0.